The van der Waals surface area contributed by atoms with Crippen molar-refractivity contribution in [1.29, 1.82) is 0 Å². The maximum atomic E-state index is 5.80. The second kappa shape index (κ2) is 8.96. The van der Waals surface area contributed by atoms with Crippen molar-refractivity contribution in [2.45, 2.75) is 20.8 Å². The van der Waals surface area contributed by atoms with Gasteiger partial charge in [0.1, 0.15) is 0 Å². The normalized spacial score (nSPS) is 10.8. The molecule has 4 heteroatoms. The standard InChI is InChI=1S/3C8H9O.Bi/c3*1-7-3-5-8(9-2)6-4-7;/h3*3-5H,1-2H3;. The van der Waals surface area contributed by atoms with Crippen LogP contribution in [0.5, 0.6) is 17.2 Å². The fraction of sp³-hybridized carbons (Fsp3) is 0.250. The van der Waals surface area contributed by atoms with Crippen molar-refractivity contribution in [3.8, 4) is 17.2 Å². The Morgan fingerprint density at radius 1 is 0.500 bits per heavy atom. The number of benzene rings is 3. The Balaban J connectivity index is 2.38. The van der Waals surface area contributed by atoms with E-state index in [4.69, 9.17) is 14.2 Å². The molecule has 0 saturated carbocycles. The molecular weight excluding hydrogens is 545 g/mol. The van der Waals surface area contributed by atoms with Crippen molar-refractivity contribution in [3.05, 3.63) is 71.3 Å². The minimum atomic E-state index is -2.80. The van der Waals surface area contributed by atoms with E-state index in [1.54, 1.807) is 21.3 Å². The van der Waals surface area contributed by atoms with E-state index in [9.17, 15) is 0 Å². The molecule has 0 aliphatic heterocycles. The molecule has 3 aromatic rings. The van der Waals surface area contributed by atoms with Gasteiger partial charge in [-0.2, -0.15) is 0 Å². The fourth-order valence-corrected chi connectivity index (χ4v) is 14.7. The molecule has 0 saturated heterocycles. The molecule has 0 spiro atoms. The van der Waals surface area contributed by atoms with Gasteiger partial charge in [-0.25, -0.2) is 0 Å². The van der Waals surface area contributed by atoms with Gasteiger partial charge >= 0.3 is 176 Å². The van der Waals surface area contributed by atoms with Crippen LogP contribution < -0.4 is 24.0 Å². The summed E-state index contributed by atoms with van der Waals surface area (Å²) in [4.78, 5) is 0. The van der Waals surface area contributed by atoms with Gasteiger partial charge in [0.2, 0.25) is 0 Å². The van der Waals surface area contributed by atoms with E-state index in [0.717, 1.165) is 17.2 Å². The van der Waals surface area contributed by atoms with Gasteiger partial charge in [-0.1, -0.05) is 0 Å². The van der Waals surface area contributed by atoms with E-state index in [2.05, 4.69) is 75.4 Å². The predicted molar refractivity (Wildman–Crippen MR) is 118 cm³/mol. The van der Waals surface area contributed by atoms with Crippen LogP contribution in [0.4, 0.5) is 0 Å². The molecule has 0 radical (unpaired) electrons. The second-order valence-corrected chi connectivity index (χ2v) is 15.1. The summed E-state index contributed by atoms with van der Waals surface area (Å²) in [5.41, 5.74) is 3.69. The Hall–Kier alpha value is -2.06. The summed E-state index contributed by atoms with van der Waals surface area (Å²) in [6.07, 6.45) is 0. The second-order valence-electron chi connectivity index (χ2n) is 6.86. The summed E-state index contributed by atoms with van der Waals surface area (Å²) in [7, 11) is 5.24. The molecule has 0 heterocycles. The molecule has 3 aromatic carbocycles. The van der Waals surface area contributed by atoms with Crippen molar-refractivity contribution in [2.75, 3.05) is 21.3 Å². The fourth-order valence-electron chi connectivity index (χ4n) is 3.31. The molecule has 0 aliphatic carbocycles. The van der Waals surface area contributed by atoms with Crippen LogP contribution in [0, 0.1) is 20.8 Å². The van der Waals surface area contributed by atoms with Crippen LogP contribution in [0.2, 0.25) is 0 Å². The minimum absolute atomic E-state index is 0.940. The average molecular weight is 572 g/mol. The first-order valence-corrected chi connectivity index (χ1v) is 14.4. The summed E-state index contributed by atoms with van der Waals surface area (Å²) in [5.74, 6) is 2.82. The molecule has 0 aliphatic rings. The molecule has 0 atom stereocenters. The third-order valence-corrected chi connectivity index (χ3v) is 14.4. The van der Waals surface area contributed by atoms with Crippen molar-refractivity contribution in [3.63, 3.8) is 0 Å². The van der Waals surface area contributed by atoms with Crippen LogP contribution in [0.3, 0.4) is 0 Å². The van der Waals surface area contributed by atoms with E-state index in [0.29, 0.717) is 0 Å². The van der Waals surface area contributed by atoms with Crippen LogP contribution in [-0.2, 0) is 0 Å². The molecule has 0 N–H and O–H groups in total. The molecule has 0 aromatic heterocycles. The third kappa shape index (κ3) is 4.18. The van der Waals surface area contributed by atoms with Crippen LogP contribution in [0.15, 0.2) is 54.6 Å². The van der Waals surface area contributed by atoms with E-state index in [1.165, 1.54) is 26.5 Å². The number of hydrogen-bond acceptors (Lipinski definition) is 3. The molecule has 146 valence electrons. The number of methoxy groups -OCH3 is 3. The Kier molecular flexibility index (Phi) is 6.62. The summed E-state index contributed by atoms with van der Waals surface area (Å²) >= 11 is -2.80. The van der Waals surface area contributed by atoms with Crippen molar-refractivity contribution in [2.24, 2.45) is 0 Å². The SMILES string of the molecule is COc1ccc(C)c[c]1[Bi]([c]1cc(C)ccc1OC)[c]1cc(C)ccc1OC. The monoisotopic (exact) mass is 572 g/mol. The van der Waals surface area contributed by atoms with Gasteiger partial charge in [-0.3, -0.25) is 0 Å². The topological polar surface area (TPSA) is 27.7 Å². The van der Waals surface area contributed by atoms with Gasteiger partial charge in [0.05, 0.1) is 0 Å². The van der Waals surface area contributed by atoms with Gasteiger partial charge in [-0.05, 0) is 0 Å². The Morgan fingerprint density at radius 2 is 0.786 bits per heavy atom. The number of rotatable bonds is 6. The van der Waals surface area contributed by atoms with Crippen LogP contribution in [-0.4, -0.2) is 43.1 Å². The average Bonchev–Trinajstić information content (AvgIpc) is 2.69. The maximum absolute atomic E-state index is 5.80. The Bertz CT molecular complexity index is 854. The molecule has 28 heavy (non-hydrogen) atoms. The summed E-state index contributed by atoms with van der Waals surface area (Å²) in [6.45, 7) is 6.39. The molecule has 3 rings (SSSR count). The van der Waals surface area contributed by atoms with E-state index in [1.807, 2.05) is 0 Å². The molecule has 0 fully saturated rings. The van der Waals surface area contributed by atoms with Crippen molar-refractivity contribution in [1.82, 2.24) is 0 Å². The van der Waals surface area contributed by atoms with Gasteiger partial charge in [-0.15, -0.1) is 0 Å². The quantitative estimate of drug-likeness (QED) is 0.425. The van der Waals surface area contributed by atoms with Crippen LogP contribution >= 0.6 is 0 Å². The van der Waals surface area contributed by atoms with Gasteiger partial charge < -0.3 is 0 Å². The Labute approximate surface area is 175 Å². The van der Waals surface area contributed by atoms with Gasteiger partial charge in [0.15, 0.2) is 0 Å². The third-order valence-electron chi connectivity index (χ3n) is 4.73. The summed E-state index contributed by atoms with van der Waals surface area (Å²) in [6, 6.07) is 19.4. The number of aryl methyl sites for hydroxylation is 3. The van der Waals surface area contributed by atoms with E-state index < -0.39 is 21.8 Å². The number of ether oxygens (including phenoxy) is 3. The van der Waals surface area contributed by atoms with E-state index >= 15 is 0 Å². The van der Waals surface area contributed by atoms with Gasteiger partial charge in [0.25, 0.3) is 0 Å². The predicted octanol–water partition coefficient (Wildman–Crippen LogP) is 3.15. The van der Waals surface area contributed by atoms with Crippen molar-refractivity contribution >= 4 is 31.6 Å². The molecule has 0 bridgehead atoms. The zero-order chi connectivity index (χ0) is 20.3. The van der Waals surface area contributed by atoms with E-state index in [-0.39, 0.29) is 0 Å². The Morgan fingerprint density at radius 3 is 1.04 bits per heavy atom. The van der Waals surface area contributed by atoms with Crippen LogP contribution in [0.25, 0.3) is 0 Å². The zero-order valence-corrected chi connectivity index (χ0v) is 20.8. The number of hydrogen-bond donors (Lipinski definition) is 0. The molecule has 0 unspecified atom stereocenters. The molecule has 0 amide bonds. The van der Waals surface area contributed by atoms with Gasteiger partial charge in [0, 0.05) is 0 Å². The molecular formula is C24H27BiO3. The zero-order valence-electron chi connectivity index (χ0n) is 17.4. The first-order valence-electron chi connectivity index (χ1n) is 9.22. The summed E-state index contributed by atoms with van der Waals surface area (Å²) in [5, 5.41) is 0. The van der Waals surface area contributed by atoms with Crippen LogP contribution in [0.1, 0.15) is 16.7 Å². The molecule has 3 nitrogen and oxygen atoms in total. The summed E-state index contributed by atoms with van der Waals surface area (Å²) < 4.78 is 21.3. The van der Waals surface area contributed by atoms with Crippen molar-refractivity contribution < 1.29 is 14.2 Å². The first kappa shape index (κ1) is 20.7. The first-order chi connectivity index (χ1) is 13.5.